The van der Waals surface area contributed by atoms with E-state index in [1.807, 2.05) is 0 Å². The average Bonchev–Trinajstić information content (AvgIpc) is 2.96. The molecule has 2 N–H and O–H groups in total. The van der Waals surface area contributed by atoms with E-state index in [-0.39, 0.29) is 29.4 Å². The number of hydrogen-bond acceptors (Lipinski definition) is 4. The molecular weight excluding hydrogens is 419 g/mol. The minimum atomic E-state index is 0. The molecule has 0 aromatic carbocycles. The zero-order valence-electron chi connectivity index (χ0n) is 16.1. The molecule has 1 fully saturated rings. The van der Waals surface area contributed by atoms with Crippen molar-refractivity contribution >= 4 is 29.9 Å². The van der Waals surface area contributed by atoms with E-state index in [0.717, 1.165) is 64.8 Å². The fraction of sp³-hybridized carbons (Fsp3) is 0.941. The van der Waals surface area contributed by atoms with Crippen LogP contribution in [0, 0.1) is 5.41 Å². The third-order valence-electron chi connectivity index (χ3n) is 3.61. The second kappa shape index (κ2) is 13.1. The summed E-state index contributed by atoms with van der Waals surface area (Å²) in [7, 11) is 4.20. The van der Waals surface area contributed by atoms with Crippen LogP contribution in [0.25, 0.3) is 0 Å². The van der Waals surface area contributed by atoms with Crippen LogP contribution in [0.4, 0.5) is 0 Å². The van der Waals surface area contributed by atoms with Gasteiger partial charge in [-0.1, -0.05) is 13.8 Å². The Morgan fingerprint density at radius 2 is 2.08 bits per heavy atom. The van der Waals surface area contributed by atoms with Gasteiger partial charge >= 0.3 is 0 Å². The molecule has 0 aromatic rings. The summed E-state index contributed by atoms with van der Waals surface area (Å²) in [6.45, 7) is 12.5. The summed E-state index contributed by atoms with van der Waals surface area (Å²) < 4.78 is 11.1. The number of guanidine groups is 1. The van der Waals surface area contributed by atoms with Gasteiger partial charge in [0.05, 0.1) is 12.7 Å². The summed E-state index contributed by atoms with van der Waals surface area (Å²) in [5, 5.41) is 6.69. The van der Waals surface area contributed by atoms with Crippen molar-refractivity contribution in [2.75, 3.05) is 60.1 Å². The van der Waals surface area contributed by atoms with Crippen LogP contribution in [0.15, 0.2) is 4.99 Å². The molecule has 144 valence electrons. The SMILES string of the molecule is CCNC(=NCC(C)(C)CN(C)C)NCCCOC1CCOC1.I. The summed E-state index contributed by atoms with van der Waals surface area (Å²) in [6.07, 6.45) is 2.30. The first-order chi connectivity index (χ1) is 10.9. The molecule has 1 saturated heterocycles. The molecule has 1 rings (SSSR count). The highest BCUT2D eigenvalue weighted by Crippen LogP contribution is 2.16. The second-order valence-electron chi connectivity index (χ2n) is 7.23. The van der Waals surface area contributed by atoms with Gasteiger partial charge in [0.1, 0.15) is 0 Å². The van der Waals surface area contributed by atoms with Crippen LogP contribution in [-0.4, -0.2) is 77.1 Å². The monoisotopic (exact) mass is 456 g/mol. The lowest BCUT2D eigenvalue weighted by Gasteiger charge is -2.26. The van der Waals surface area contributed by atoms with E-state index in [2.05, 4.69) is 50.4 Å². The van der Waals surface area contributed by atoms with Gasteiger partial charge in [0.25, 0.3) is 0 Å². The van der Waals surface area contributed by atoms with Crippen molar-refractivity contribution < 1.29 is 9.47 Å². The van der Waals surface area contributed by atoms with Gasteiger partial charge in [0.2, 0.25) is 0 Å². The standard InChI is InChI=1S/C17H36N4O2.HI/c1-6-18-16(20-13-17(2,3)14-21(4)5)19-9-7-10-23-15-8-11-22-12-15;/h15H,6-14H2,1-5H3,(H2,18,19,20);1H. The molecule has 6 nitrogen and oxygen atoms in total. The molecule has 0 aromatic heterocycles. The van der Waals surface area contributed by atoms with Crippen LogP contribution < -0.4 is 10.6 Å². The Labute approximate surface area is 165 Å². The number of aliphatic imine (C=N–C) groups is 1. The number of rotatable bonds is 10. The number of ether oxygens (including phenoxy) is 2. The van der Waals surface area contributed by atoms with Crippen LogP contribution in [0.5, 0.6) is 0 Å². The molecule has 1 aliphatic rings. The molecule has 1 unspecified atom stereocenters. The molecule has 0 saturated carbocycles. The zero-order chi connectivity index (χ0) is 17.1. The lowest BCUT2D eigenvalue weighted by atomic mass is 9.93. The van der Waals surface area contributed by atoms with Gasteiger partial charge in [0.15, 0.2) is 5.96 Å². The zero-order valence-corrected chi connectivity index (χ0v) is 18.4. The van der Waals surface area contributed by atoms with Crippen LogP contribution in [0.2, 0.25) is 0 Å². The molecule has 7 heteroatoms. The summed E-state index contributed by atoms with van der Waals surface area (Å²) in [4.78, 5) is 6.93. The maximum atomic E-state index is 5.77. The summed E-state index contributed by atoms with van der Waals surface area (Å²) >= 11 is 0. The van der Waals surface area contributed by atoms with Gasteiger partial charge in [0, 0.05) is 39.4 Å². The third kappa shape index (κ3) is 11.4. The molecule has 0 radical (unpaired) electrons. The molecule has 1 heterocycles. The maximum absolute atomic E-state index is 5.77. The smallest absolute Gasteiger partial charge is 0.191 e. The molecule has 0 aliphatic carbocycles. The van der Waals surface area contributed by atoms with Crippen molar-refractivity contribution in [2.24, 2.45) is 10.4 Å². The fourth-order valence-electron chi connectivity index (χ4n) is 2.71. The number of hydrogen-bond donors (Lipinski definition) is 2. The largest absolute Gasteiger partial charge is 0.379 e. The third-order valence-corrected chi connectivity index (χ3v) is 3.61. The van der Waals surface area contributed by atoms with Crippen LogP contribution in [0.1, 0.15) is 33.6 Å². The molecule has 1 aliphatic heterocycles. The van der Waals surface area contributed by atoms with Crippen molar-refractivity contribution in [3.8, 4) is 0 Å². The minimum absolute atomic E-state index is 0. The quantitative estimate of drug-likeness (QED) is 0.228. The Balaban J connectivity index is 0.00000529. The average molecular weight is 456 g/mol. The highest BCUT2D eigenvalue weighted by atomic mass is 127. The van der Waals surface area contributed by atoms with Crippen LogP contribution >= 0.6 is 24.0 Å². The highest BCUT2D eigenvalue weighted by Gasteiger charge is 2.18. The predicted molar refractivity (Wildman–Crippen MR) is 112 cm³/mol. The molecule has 0 spiro atoms. The van der Waals surface area contributed by atoms with Crippen molar-refractivity contribution in [2.45, 2.75) is 39.7 Å². The van der Waals surface area contributed by atoms with E-state index in [0.29, 0.717) is 6.10 Å². The Morgan fingerprint density at radius 3 is 2.67 bits per heavy atom. The van der Waals surface area contributed by atoms with Crippen molar-refractivity contribution in [3.05, 3.63) is 0 Å². The van der Waals surface area contributed by atoms with Crippen LogP contribution in [-0.2, 0) is 9.47 Å². The van der Waals surface area contributed by atoms with E-state index in [9.17, 15) is 0 Å². The van der Waals surface area contributed by atoms with E-state index >= 15 is 0 Å². The first-order valence-corrected chi connectivity index (χ1v) is 8.79. The van der Waals surface area contributed by atoms with Gasteiger partial charge in [-0.05, 0) is 39.3 Å². The number of halogens is 1. The Kier molecular flexibility index (Phi) is 13.1. The number of nitrogens with one attached hydrogen (secondary N) is 2. The van der Waals surface area contributed by atoms with Gasteiger partial charge < -0.3 is 25.0 Å². The van der Waals surface area contributed by atoms with Gasteiger partial charge in [-0.3, -0.25) is 4.99 Å². The second-order valence-corrected chi connectivity index (χ2v) is 7.23. The lowest BCUT2D eigenvalue weighted by Crippen LogP contribution is -2.39. The first kappa shape index (κ1) is 23.9. The summed E-state index contributed by atoms with van der Waals surface area (Å²) in [6, 6.07) is 0. The predicted octanol–water partition coefficient (Wildman–Crippen LogP) is 1.94. The van der Waals surface area contributed by atoms with Crippen molar-refractivity contribution in [3.63, 3.8) is 0 Å². The van der Waals surface area contributed by atoms with Crippen molar-refractivity contribution in [1.82, 2.24) is 15.5 Å². The molecule has 0 bridgehead atoms. The minimum Gasteiger partial charge on any atom is -0.379 e. The van der Waals surface area contributed by atoms with E-state index in [1.165, 1.54) is 0 Å². The normalized spacial score (nSPS) is 18.6. The molecular formula is C17H37IN4O2. The Bertz CT molecular complexity index is 345. The Morgan fingerprint density at radius 1 is 1.33 bits per heavy atom. The fourth-order valence-corrected chi connectivity index (χ4v) is 2.71. The first-order valence-electron chi connectivity index (χ1n) is 8.79. The Hall–Kier alpha value is -0.120. The topological polar surface area (TPSA) is 58.1 Å². The van der Waals surface area contributed by atoms with E-state index < -0.39 is 0 Å². The molecule has 1 atom stereocenters. The summed E-state index contributed by atoms with van der Waals surface area (Å²) in [5.74, 6) is 0.892. The number of nitrogens with zero attached hydrogens (tertiary/aromatic N) is 2. The molecule has 0 amide bonds. The van der Waals surface area contributed by atoms with Crippen molar-refractivity contribution in [1.29, 1.82) is 0 Å². The van der Waals surface area contributed by atoms with Crippen LogP contribution in [0.3, 0.4) is 0 Å². The lowest BCUT2D eigenvalue weighted by molar-refractivity contribution is 0.0420. The highest BCUT2D eigenvalue weighted by molar-refractivity contribution is 14.0. The summed E-state index contributed by atoms with van der Waals surface area (Å²) in [5.41, 5.74) is 0.164. The van der Waals surface area contributed by atoms with Gasteiger partial charge in [-0.2, -0.15) is 0 Å². The van der Waals surface area contributed by atoms with Gasteiger partial charge in [-0.25, -0.2) is 0 Å². The maximum Gasteiger partial charge on any atom is 0.191 e. The van der Waals surface area contributed by atoms with Gasteiger partial charge in [-0.15, -0.1) is 24.0 Å². The van der Waals surface area contributed by atoms with E-state index in [4.69, 9.17) is 14.5 Å². The van der Waals surface area contributed by atoms with E-state index in [1.54, 1.807) is 0 Å². The molecule has 24 heavy (non-hydrogen) atoms.